The highest BCUT2D eigenvalue weighted by molar-refractivity contribution is 5.86. The molecule has 0 spiro atoms. The van der Waals surface area contributed by atoms with Crippen molar-refractivity contribution in [1.29, 1.82) is 0 Å². The second-order valence-electron chi connectivity index (χ2n) is 7.39. The summed E-state index contributed by atoms with van der Waals surface area (Å²) in [4.78, 5) is 27.9. The van der Waals surface area contributed by atoms with Gasteiger partial charge in [0.1, 0.15) is 6.04 Å². The van der Waals surface area contributed by atoms with Crippen LogP contribution in [0, 0.1) is 5.92 Å². The second-order valence-corrected chi connectivity index (χ2v) is 7.39. The summed E-state index contributed by atoms with van der Waals surface area (Å²) < 4.78 is 0. The molecule has 1 aliphatic heterocycles. The molecule has 0 aliphatic carbocycles. The van der Waals surface area contributed by atoms with Crippen LogP contribution in [0.1, 0.15) is 31.7 Å². The summed E-state index contributed by atoms with van der Waals surface area (Å²) in [7, 11) is 3.37. The first kappa shape index (κ1) is 20.2. The molecule has 2 rings (SSSR count). The number of benzene rings is 1. The highest BCUT2D eigenvalue weighted by atomic mass is 16.2. The van der Waals surface area contributed by atoms with Crippen molar-refractivity contribution in [2.24, 2.45) is 5.92 Å². The molecule has 26 heavy (non-hydrogen) atoms. The third-order valence-corrected chi connectivity index (χ3v) is 4.81. The van der Waals surface area contributed by atoms with Gasteiger partial charge < -0.3 is 15.5 Å². The third-order valence-electron chi connectivity index (χ3n) is 4.81. The molecule has 0 radical (unpaired) electrons. The second kappa shape index (κ2) is 10.2. The summed E-state index contributed by atoms with van der Waals surface area (Å²) in [5.74, 6) is 0.329. The molecule has 1 heterocycles. The molecule has 144 valence electrons. The van der Waals surface area contributed by atoms with E-state index in [1.54, 1.807) is 21.0 Å². The van der Waals surface area contributed by atoms with E-state index in [9.17, 15) is 9.59 Å². The molecule has 1 saturated heterocycles. The first-order valence-corrected chi connectivity index (χ1v) is 9.47. The smallest absolute Gasteiger partial charge is 0.315 e. The zero-order chi connectivity index (χ0) is 18.9. The van der Waals surface area contributed by atoms with E-state index in [0.717, 1.165) is 26.1 Å². The number of nitrogens with one attached hydrogen (secondary N) is 2. The number of urea groups is 1. The number of nitrogens with zero attached hydrogens (tertiary/aromatic N) is 2. The molecule has 2 N–H and O–H groups in total. The summed E-state index contributed by atoms with van der Waals surface area (Å²) in [6, 6.07) is 9.72. The minimum absolute atomic E-state index is 0.108. The molecule has 3 amide bonds. The maximum Gasteiger partial charge on any atom is 0.315 e. The molecular formula is C20H32N4O2. The van der Waals surface area contributed by atoms with Crippen molar-refractivity contribution in [1.82, 2.24) is 20.4 Å². The lowest BCUT2D eigenvalue weighted by molar-refractivity contribution is -0.130. The minimum Gasteiger partial charge on any atom is -0.347 e. The Bertz CT molecular complexity index is 576. The monoisotopic (exact) mass is 360 g/mol. The van der Waals surface area contributed by atoms with Crippen LogP contribution in [-0.2, 0) is 11.3 Å². The van der Waals surface area contributed by atoms with Crippen molar-refractivity contribution in [3.63, 3.8) is 0 Å². The topological polar surface area (TPSA) is 64.7 Å². The van der Waals surface area contributed by atoms with Gasteiger partial charge in [0.2, 0.25) is 5.91 Å². The van der Waals surface area contributed by atoms with Crippen molar-refractivity contribution in [2.45, 2.75) is 38.8 Å². The van der Waals surface area contributed by atoms with E-state index in [2.05, 4.69) is 39.8 Å². The molecule has 0 bridgehead atoms. The zero-order valence-electron chi connectivity index (χ0n) is 16.2. The molecule has 1 unspecified atom stereocenters. The molecule has 2 atom stereocenters. The average Bonchev–Trinajstić information content (AvgIpc) is 2.85. The average molecular weight is 361 g/mol. The number of likely N-dealkylation sites (tertiary alicyclic amines) is 1. The van der Waals surface area contributed by atoms with Crippen LogP contribution < -0.4 is 10.6 Å². The van der Waals surface area contributed by atoms with Crippen LogP contribution in [0.15, 0.2) is 30.3 Å². The Morgan fingerprint density at radius 2 is 1.96 bits per heavy atom. The fourth-order valence-electron chi connectivity index (χ4n) is 3.40. The third kappa shape index (κ3) is 6.67. The van der Waals surface area contributed by atoms with Gasteiger partial charge in [-0.2, -0.15) is 0 Å². The Balaban J connectivity index is 1.78. The van der Waals surface area contributed by atoms with Crippen LogP contribution in [0.5, 0.6) is 0 Å². The van der Waals surface area contributed by atoms with Crippen LogP contribution in [0.2, 0.25) is 0 Å². The minimum atomic E-state index is -0.520. The predicted octanol–water partition coefficient (Wildman–Crippen LogP) is 2.06. The van der Waals surface area contributed by atoms with E-state index >= 15 is 0 Å². The van der Waals surface area contributed by atoms with Gasteiger partial charge in [0, 0.05) is 33.7 Å². The summed E-state index contributed by atoms with van der Waals surface area (Å²) >= 11 is 0. The SMILES string of the molecule is C[C@H](NC(=O)NCC1CCCCN(Cc2ccccc2)C1)C(=O)N(C)C. The Labute approximate surface area is 156 Å². The van der Waals surface area contributed by atoms with Crippen LogP contribution >= 0.6 is 0 Å². The summed E-state index contributed by atoms with van der Waals surface area (Å²) in [6.45, 7) is 5.39. The molecular weight excluding hydrogens is 328 g/mol. The zero-order valence-corrected chi connectivity index (χ0v) is 16.2. The van der Waals surface area contributed by atoms with E-state index in [1.165, 1.54) is 23.3 Å². The first-order chi connectivity index (χ1) is 12.5. The molecule has 1 aromatic carbocycles. The lowest BCUT2D eigenvalue weighted by Crippen LogP contribution is -2.49. The van der Waals surface area contributed by atoms with Crippen LogP contribution in [0.4, 0.5) is 4.79 Å². The highest BCUT2D eigenvalue weighted by Crippen LogP contribution is 2.18. The maximum absolute atomic E-state index is 12.1. The molecule has 1 fully saturated rings. The summed E-state index contributed by atoms with van der Waals surface area (Å²) in [6.07, 6.45) is 3.51. The molecule has 1 aliphatic rings. The van der Waals surface area contributed by atoms with Crippen molar-refractivity contribution in [2.75, 3.05) is 33.7 Å². The fourth-order valence-corrected chi connectivity index (χ4v) is 3.40. The van der Waals surface area contributed by atoms with E-state index < -0.39 is 6.04 Å². The lowest BCUT2D eigenvalue weighted by Gasteiger charge is -2.25. The Morgan fingerprint density at radius 1 is 1.23 bits per heavy atom. The Morgan fingerprint density at radius 3 is 2.65 bits per heavy atom. The van der Waals surface area contributed by atoms with Gasteiger partial charge in [0.25, 0.3) is 0 Å². The maximum atomic E-state index is 12.1. The van der Waals surface area contributed by atoms with Gasteiger partial charge >= 0.3 is 6.03 Å². The van der Waals surface area contributed by atoms with Crippen LogP contribution in [-0.4, -0.2) is 61.5 Å². The van der Waals surface area contributed by atoms with Gasteiger partial charge in [-0.15, -0.1) is 0 Å². The van der Waals surface area contributed by atoms with Crippen LogP contribution in [0.3, 0.4) is 0 Å². The van der Waals surface area contributed by atoms with Crippen molar-refractivity contribution >= 4 is 11.9 Å². The normalized spacial score (nSPS) is 19.3. The van der Waals surface area contributed by atoms with E-state index in [-0.39, 0.29) is 11.9 Å². The fraction of sp³-hybridized carbons (Fsp3) is 0.600. The van der Waals surface area contributed by atoms with Crippen LogP contribution in [0.25, 0.3) is 0 Å². The number of carbonyl (C=O) groups excluding carboxylic acids is 2. The molecule has 0 saturated carbocycles. The number of carbonyl (C=O) groups is 2. The lowest BCUT2D eigenvalue weighted by atomic mass is 10.0. The molecule has 6 heteroatoms. The van der Waals surface area contributed by atoms with Crippen molar-refractivity contribution in [3.8, 4) is 0 Å². The first-order valence-electron chi connectivity index (χ1n) is 9.47. The number of hydrogen-bond acceptors (Lipinski definition) is 3. The van der Waals surface area contributed by atoms with Gasteiger partial charge in [-0.05, 0) is 37.8 Å². The number of likely N-dealkylation sites (N-methyl/N-ethyl adjacent to an activating group) is 1. The quantitative estimate of drug-likeness (QED) is 0.816. The van der Waals surface area contributed by atoms with E-state index in [0.29, 0.717) is 12.5 Å². The van der Waals surface area contributed by atoms with Gasteiger partial charge in [-0.3, -0.25) is 9.69 Å². The Kier molecular flexibility index (Phi) is 7.91. The highest BCUT2D eigenvalue weighted by Gasteiger charge is 2.20. The summed E-state index contributed by atoms with van der Waals surface area (Å²) in [5, 5.41) is 5.65. The number of rotatable bonds is 6. The largest absolute Gasteiger partial charge is 0.347 e. The predicted molar refractivity (Wildman–Crippen MR) is 104 cm³/mol. The van der Waals surface area contributed by atoms with Crippen molar-refractivity contribution in [3.05, 3.63) is 35.9 Å². The van der Waals surface area contributed by atoms with Gasteiger partial charge in [-0.1, -0.05) is 36.8 Å². The number of hydrogen-bond donors (Lipinski definition) is 2. The molecule has 1 aromatic rings. The Hall–Kier alpha value is -2.08. The molecule has 0 aromatic heterocycles. The van der Waals surface area contributed by atoms with Gasteiger partial charge in [0.05, 0.1) is 0 Å². The summed E-state index contributed by atoms with van der Waals surface area (Å²) in [5.41, 5.74) is 1.33. The van der Waals surface area contributed by atoms with E-state index in [1.807, 2.05) is 6.07 Å². The van der Waals surface area contributed by atoms with Gasteiger partial charge in [0.15, 0.2) is 0 Å². The standard InChI is InChI=1S/C20H32N4O2/c1-16(19(25)23(2)3)22-20(26)21-13-18-11-7-8-12-24(15-18)14-17-9-5-4-6-10-17/h4-6,9-10,16,18H,7-8,11-15H2,1-3H3,(H2,21,22,26)/t16-,18?/m0/s1. The molecule has 6 nitrogen and oxygen atoms in total. The van der Waals surface area contributed by atoms with Gasteiger partial charge in [-0.25, -0.2) is 4.79 Å². The number of amides is 3. The van der Waals surface area contributed by atoms with Crippen molar-refractivity contribution < 1.29 is 9.59 Å². The van der Waals surface area contributed by atoms with E-state index in [4.69, 9.17) is 0 Å².